The first-order chi connectivity index (χ1) is 20.0. The van der Waals surface area contributed by atoms with Crippen LogP contribution in [0.5, 0.6) is 0 Å². The summed E-state index contributed by atoms with van der Waals surface area (Å²) in [6, 6.07) is -4.96. The number of H-pyrrole nitrogens is 2. The fourth-order valence-corrected chi connectivity index (χ4v) is 4.24. The predicted molar refractivity (Wildman–Crippen MR) is 150 cm³/mol. The molecule has 0 saturated carbocycles. The van der Waals surface area contributed by atoms with E-state index in [0.717, 1.165) is 0 Å². The van der Waals surface area contributed by atoms with Crippen molar-refractivity contribution >= 4 is 47.3 Å². The van der Waals surface area contributed by atoms with E-state index < -0.39 is 66.2 Å². The van der Waals surface area contributed by atoms with Gasteiger partial charge in [-0.25, -0.2) is 14.8 Å². The van der Waals surface area contributed by atoms with E-state index in [-0.39, 0.29) is 32.1 Å². The van der Waals surface area contributed by atoms with E-state index in [2.05, 4.69) is 41.2 Å². The molecule has 2 heterocycles. The summed E-state index contributed by atoms with van der Waals surface area (Å²) >= 11 is 1.42. The van der Waals surface area contributed by atoms with Gasteiger partial charge in [0, 0.05) is 43.0 Å². The summed E-state index contributed by atoms with van der Waals surface area (Å²) < 4.78 is 0. The Balaban J connectivity index is 2.29. The lowest BCUT2D eigenvalue weighted by Gasteiger charge is -2.25. The quantitative estimate of drug-likeness (QED) is 0.0771. The van der Waals surface area contributed by atoms with Crippen LogP contribution in [0.4, 0.5) is 0 Å². The number of aromatic nitrogens is 4. The highest BCUT2D eigenvalue weighted by Crippen LogP contribution is 2.07. The maximum Gasteiger partial charge on any atom is 0.326 e. The SMILES string of the molecule is CSCC[C@H](NC(=O)[C@H](Cc1cnc[nH]1)NC(=O)[C@H](Cc1cnc[nH]1)NC(=O)[C@H](CCC(N)=O)NC(=O)CN)C(=O)O. The van der Waals surface area contributed by atoms with Crippen LogP contribution in [0.3, 0.4) is 0 Å². The van der Waals surface area contributed by atoms with E-state index in [1.807, 2.05) is 0 Å². The first-order valence-corrected chi connectivity index (χ1v) is 14.3. The molecule has 0 aliphatic rings. The molecule has 0 bridgehead atoms. The Morgan fingerprint density at radius 1 is 0.833 bits per heavy atom. The largest absolute Gasteiger partial charge is 0.480 e. The molecular weight excluding hydrogens is 572 g/mol. The van der Waals surface area contributed by atoms with Gasteiger partial charge in [-0.15, -0.1) is 0 Å². The fourth-order valence-electron chi connectivity index (χ4n) is 3.77. The van der Waals surface area contributed by atoms with Crippen LogP contribution in [0.1, 0.15) is 30.7 Å². The molecule has 0 aliphatic heterocycles. The number of nitrogens with one attached hydrogen (secondary N) is 6. The minimum Gasteiger partial charge on any atom is -0.480 e. The van der Waals surface area contributed by atoms with Crippen LogP contribution in [-0.2, 0) is 41.6 Å². The second kappa shape index (κ2) is 17.4. The zero-order chi connectivity index (χ0) is 31.1. The van der Waals surface area contributed by atoms with Gasteiger partial charge in [0.2, 0.25) is 29.5 Å². The summed E-state index contributed by atoms with van der Waals surface area (Å²) in [6.07, 6.45) is 7.07. The van der Waals surface area contributed by atoms with E-state index in [1.165, 1.54) is 36.8 Å². The molecule has 0 spiro atoms. The smallest absolute Gasteiger partial charge is 0.326 e. The van der Waals surface area contributed by atoms with Crippen molar-refractivity contribution in [3.63, 3.8) is 0 Å². The Kier molecular flexibility index (Phi) is 14.0. The van der Waals surface area contributed by atoms with Crippen molar-refractivity contribution in [1.82, 2.24) is 41.2 Å². The van der Waals surface area contributed by atoms with Gasteiger partial charge in [-0.1, -0.05) is 0 Å². The van der Waals surface area contributed by atoms with Gasteiger partial charge < -0.3 is 47.8 Å². The number of carboxylic acid groups (broad SMARTS) is 1. The molecule has 0 unspecified atom stereocenters. The van der Waals surface area contributed by atoms with Crippen molar-refractivity contribution in [2.45, 2.75) is 56.3 Å². The van der Waals surface area contributed by atoms with Crippen LogP contribution < -0.4 is 32.7 Å². The van der Waals surface area contributed by atoms with Crippen molar-refractivity contribution < 1.29 is 33.9 Å². The summed E-state index contributed by atoms with van der Waals surface area (Å²) in [4.78, 5) is 88.3. The number of imidazole rings is 2. The number of amides is 5. The minimum absolute atomic E-state index is 0.0645. The second-order valence-electron chi connectivity index (χ2n) is 9.19. The van der Waals surface area contributed by atoms with Gasteiger partial charge in [-0.2, -0.15) is 11.8 Å². The van der Waals surface area contributed by atoms with Crippen molar-refractivity contribution in [1.29, 1.82) is 0 Å². The zero-order valence-corrected chi connectivity index (χ0v) is 23.7. The molecule has 4 atom stereocenters. The van der Waals surface area contributed by atoms with Gasteiger partial charge in [0.15, 0.2) is 0 Å². The summed E-state index contributed by atoms with van der Waals surface area (Å²) in [6.45, 7) is -0.420. The van der Waals surface area contributed by atoms with E-state index in [9.17, 15) is 33.9 Å². The number of carbonyl (C=O) groups is 6. The number of aliphatic carboxylic acids is 1. The minimum atomic E-state index is -1.28. The lowest BCUT2D eigenvalue weighted by molar-refractivity contribution is -0.142. The summed E-state index contributed by atoms with van der Waals surface area (Å²) in [7, 11) is 0. The monoisotopic (exact) mass is 608 g/mol. The molecule has 2 aromatic rings. The fraction of sp³-hybridized carbons (Fsp3) is 0.500. The third-order valence-electron chi connectivity index (χ3n) is 5.97. The molecule has 42 heavy (non-hydrogen) atoms. The number of hydrogen-bond donors (Lipinski definition) is 9. The molecule has 0 aliphatic carbocycles. The molecule has 0 radical (unpaired) electrons. The van der Waals surface area contributed by atoms with Gasteiger partial charge in [-0.05, 0) is 24.9 Å². The van der Waals surface area contributed by atoms with Gasteiger partial charge in [0.05, 0.1) is 19.2 Å². The van der Waals surface area contributed by atoms with E-state index >= 15 is 0 Å². The Morgan fingerprint density at radius 2 is 1.33 bits per heavy atom. The number of primary amides is 1. The Hall–Kier alpha value is -4.45. The van der Waals surface area contributed by atoms with Gasteiger partial charge in [0.1, 0.15) is 24.2 Å². The topological polar surface area (TPSA) is 280 Å². The first kappa shape index (κ1) is 33.8. The van der Waals surface area contributed by atoms with Crippen LogP contribution in [0, 0.1) is 0 Å². The Morgan fingerprint density at radius 3 is 1.74 bits per heavy atom. The van der Waals surface area contributed by atoms with Gasteiger partial charge >= 0.3 is 5.97 Å². The van der Waals surface area contributed by atoms with E-state index in [1.54, 1.807) is 6.26 Å². The average Bonchev–Trinajstić information content (AvgIpc) is 3.66. The van der Waals surface area contributed by atoms with Gasteiger partial charge in [0.25, 0.3) is 0 Å². The normalized spacial score (nSPS) is 13.7. The Bertz CT molecular complexity index is 1190. The van der Waals surface area contributed by atoms with Crippen LogP contribution in [0.2, 0.25) is 0 Å². The molecule has 18 heteroatoms. The third-order valence-corrected chi connectivity index (χ3v) is 6.61. The summed E-state index contributed by atoms with van der Waals surface area (Å²) in [5, 5.41) is 19.5. The summed E-state index contributed by atoms with van der Waals surface area (Å²) in [5.41, 5.74) is 11.5. The molecule has 0 saturated heterocycles. The maximum atomic E-state index is 13.5. The van der Waals surface area contributed by atoms with Crippen molar-refractivity contribution in [3.8, 4) is 0 Å². The number of carbonyl (C=O) groups excluding carboxylic acids is 5. The highest BCUT2D eigenvalue weighted by Gasteiger charge is 2.32. The number of carboxylic acids is 1. The third kappa shape index (κ3) is 11.6. The molecule has 0 aromatic carbocycles. The number of nitrogens with two attached hydrogens (primary N) is 2. The van der Waals surface area contributed by atoms with Crippen molar-refractivity contribution in [2.75, 3.05) is 18.6 Å². The molecule has 2 aromatic heterocycles. The molecular formula is C24H36N10O7S. The van der Waals surface area contributed by atoms with Crippen LogP contribution in [0.25, 0.3) is 0 Å². The Labute approximate surface area is 245 Å². The molecule has 230 valence electrons. The second-order valence-corrected chi connectivity index (χ2v) is 10.2. The lowest BCUT2D eigenvalue weighted by atomic mass is 10.1. The van der Waals surface area contributed by atoms with Crippen LogP contribution >= 0.6 is 11.8 Å². The van der Waals surface area contributed by atoms with Gasteiger partial charge in [-0.3, -0.25) is 24.0 Å². The average molecular weight is 609 g/mol. The highest BCUT2D eigenvalue weighted by molar-refractivity contribution is 7.98. The lowest BCUT2D eigenvalue weighted by Crippen LogP contribution is -2.59. The first-order valence-electron chi connectivity index (χ1n) is 12.9. The standard InChI is InChI=1S/C24H36N10O7S/c1-42-5-4-16(24(40)41)32-22(38)17(6-13-9-27-11-29-13)34-23(39)18(7-14-10-28-12-30-14)33-21(37)15(2-3-19(26)35)31-20(36)8-25/h9-12,15-18H,2-8,25H2,1H3,(H2,26,35)(H,27,29)(H,28,30)(H,31,36)(H,32,38)(H,33,37)(H,34,39)(H,40,41)/t15-,16-,17-,18-/m0/s1. The molecule has 11 N–H and O–H groups in total. The molecule has 0 fully saturated rings. The highest BCUT2D eigenvalue weighted by atomic mass is 32.2. The number of aromatic amines is 2. The number of hydrogen-bond acceptors (Lipinski definition) is 10. The molecule has 5 amide bonds. The van der Waals surface area contributed by atoms with E-state index in [0.29, 0.717) is 17.1 Å². The van der Waals surface area contributed by atoms with Crippen LogP contribution in [-0.4, -0.2) is 103 Å². The maximum absolute atomic E-state index is 13.5. The zero-order valence-electron chi connectivity index (χ0n) is 22.9. The van der Waals surface area contributed by atoms with Crippen molar-refractivity contribution in [3.05, 3.63) is 36.4 Å². The molecule has 2 rings (SSSR count). The predicted octanol–water partition coefficient (Wildman–Crippen LogP) is -3.08. The number of thioether (sulfide) groups is 1. The molecule has 17 nitrogen and oxygen atoms in total. The van der Waals surface area contributed by atoms with E-state index in [4.69, 9.17) is 11.5 Å². The number of rotatable bonds is 19. The number of nitrogens with zero attached hydrogens (tertiary/aromatic N) is 2. The van der Waals surface area contributed by atoms with Crippen molar-refractivity contribution in [2.24, 2.45) is 11.5 Å². The summed E-state index contributed by atoms with van der Waals surface area (Å²) in [5.74, 6) is -4.46. The van der Waals surface area contributed by atoms with Crippen LogP contribution in [0.15, 0.2) is 25.0 Å².